The molecule has 0 spiro atoms. The second-order valence-corrected chi connectivity index (χ2v) is 17.6. The van der Waals surface area contributed by atoms with Crippen molar-refractivity contribution in [3.63, 3.8) is 0 Å². The Morgan fingerprint density at radius 1 is 0.257 bits per heavy atom. The van der Waals surface area contributed by atoms with Gasteiger partial charge in [0, 0.05) is 33.9 Å². The van der Waals surface area contributed by atoms with Crippen LogP contribution in [0.2, 0.25) is 0 Å². The molecule has 0 amide bonds. The fraction of sp³-hybridized carbons (Fsp3) is 0. The molecule has 0 unspecified atom stereocenters. The number of benzene rings is 11. The van der Waals surface area contributed by atoms with Gasteiger partial charge in [-0.25, -0.2) is 4.98 Å². The van der Waals surface area contributed by atoms with Gasteiger partial charge in [-0.2, -0.15) is 0 Å². The highest BCUT2D eigenvalue weighted by atomic mass is 15.1. The molecule has 1 heterocycles. The summed E-state index contributed by atoms with van der Waals surface area (Å²) < 4.78 is 2.27. The molecule has 70 heavy (non-hydrogen) atoms. The van der Waals surface area contributed by atoms with Crippen molar-refractivity contribution in [1.82, 2.24) is 9.55 Å². The van der Waals surface area contributed by atoms with E-state index in [-0.39, 0.29) is 0 Å². The van der Waals surface area contributed by atoms with E-state index in [2.05, 4.69) is 295 Å². The summed E-state index contributed by atoms with van der Waals surface area (Å²) in [7, 11) is 0. The molecular formula is C67H47N3. The first-order valence-corrected chi connectivity index (χ1v) is 23.9. The molecule has 0 bridgehead atoms. The molecule has 0 fully saturated rings. The minimum absolute atomic E-state index is 0.921. The zero-order valence-electron chi connectivity index (χ0n) is 38.5. The highest BCUT2D eigenvalue weighted by Gasteiger charge is 2.19. The van der Waals surface area contributed by atoms with E-state index in [1.807, 2.05) is 0 Å². The molecule has 0 saturated carbocycles. The number of para-hydroxylation sites is 2. The van der Waals surface area contributed by atoms with E-state index in [4.69, 9.17) is 4.98 Å². The van der Waals surface area contributed by atoms with Gasteiger partial charge in [-0.05, 0) is 134 Å². The van der Waals surface area contributed by atoms with E-state index in [0.29, 0.717) is 0 Å². The number of imidazole rings is 1. The Labute approximate surface area is 409 Å². The number of fused-ring (bicyclic) bond motifs is 1. The van der Waals surface area contributed by atoms with Crippen molar-refractivity contribution >= 4 is 28.1 Å². The van der Waals surface area contributed by atoms with Crippen molar-refractivity contribution in [1.29, 1.82) is 0 Å². The summed E-state index contributed by atoms with van der Waals surface area (Å²) in [5, 5.41) is 0. The van der Waals surface area contributed by atoms with E-state index >= 15 is 0 Å². The second-order valence-electron chi connectivity index (χ2n) is 17.6. The topological polar surface area (TPSA) is 21.1 Å². The van der Waals surface area contributed by atoms with Crippen LogP contribution < -0.4 is 4.90 Å². The third-order valence-electron chi connectivity index (χ3n) is 13.2. The number of hydrogen-bond donors (Lipinski definition) is 0. The van der Waals surface area contributed by atoms with Crippen molar-refractivity contribution < 1.29 is 0 Å². The summed E-state index contributed by atoms with van der Waals surface area (Å²) in [5.74, 6) is 0.921. The molecule has 0 saturated heterocycles. The van der Waals surface area contributed by atoms with Crippen LogP contribution in [0.4, 0.5) is 17.1 Å². The summed E-state index contributed by atoms with van der Waals surface area (Å²) in [5.41, 5.74) is 21.5. The van der Waals surface area contributed by atoms with Crippen LogP contribution >= 0.6 is 0 Å². The van der Waals surface area contributed by atoms with Gasteiger partial charge in [0.05, 0.1) is 11.0 Å². The minimum Gasteiger partial charge on any atom is -0.311 e. The summed E-state index contributed by atoms with van der Waals surface area (Å²) in [4.78, 5) is 7.71. The zero-order chi connectivity index (χ0) is 46.6. The predicted molar refractivity (Wildman–Crippen MR) is 294 cm³/mol. The monoisotopic (exact) mass is 893 g/mol. The third-order valence-corrected chi connectivity index (χ3v) is 13.2. The van der Waals surface area contributed by atoms with Crippen LogP contribution in [-0.2, 0) is 0 Å². The first-order chi connectivity index (χ1) is 34.7. The Morgan fingerprint density at radius 2 is 0.586 bits per heavy atom. The van der Waals surface area contributed by atoms with Crippen LogP contribution in [0.3, 0.4) is 0 Å². The lowest BCUT2D eigenvalue weighted by Crippen LogP contribution is -2.09. The lowest BCUT2D eigenvalue weighted by molar-refractivity contribution is 1.10. The molecule has 0 N–H and O–H groups in total. The molecule has 12 aromatic rings. The molecule has 0 atom stereocenters. The van der Waals surface area contributed by atoms with Gasteiger partial charge >= 0.3 is 0 Å². The molecule has 0 aliphatic carbocycles. The highest BCUT2D eigenvalue weighted by molar-refractivity contribution is 5.96. The van der Waals surface area contributed by atoms with Gasteiger partial charge in [0.15, 0.2) is 0 Å². The predicted octanol–water partition coefficient (Wildman–Crippen LogP) is 18.2. The Bertz CT molecular complexity index is 3590. The van der Waals surface area contributed by atoms with E-state index in [1.54, 1.807) is 0 Å². The van der Waals surface area contributed by atoms with E-state index < -0.39 is 0 Å². The van der Waals surface area contributed by atoms with E-state index in [0.717, 1.165) is 67.4 Å². The molecule has 3 heteroatoms. The summed E-state index contributed by atoms with van der Waals surface area (Å²) >= 11 is 0. The van der Waals surface area contributed by atoms with Crippen LogP contribution in [0.1, 0.15) is 0 Å². The fourth-order valence-electron chi connectivity index (χ4n) is 9.69. The lowest BCUT2D eigenvalue weighted by Gasteiger charge is -2.26. The fourth-order valence-corrected chi connectivity index (χ4v) is 9.69. The smallest absolute Gasteiger partial charge is 0.145 e. The lowest BCUT2D eigenvalue weighted by atomic mass is 9.97. The average molecular weight is 894 g/mol. The second kappa shape index (κ2) is 18.8. The maximum absolute atomic E-state index is 5.36. The number of hydrogen-bond acceptors (Lipinski definition) is 2. The largest absolute Gasteiger partial charge is 0.311 e. The van der Waals surface area contributed by atoms with E-state index in [9.17, 15) is 0 Å². The molecule has 0 aliphatic rings. The molecule has 0 radical (unpaired) electrons. The normalized spacial score (nSPS) is 11.1. The van der Waals surface area contributed by atoms with Crippen molar-refractivity contribution in [2.75, 3.05) is 4.90 Å². The van der Waals surface area contributed by atoms with Crippen molar-refractivity contribution in [3.8, 4) is 83.8 Å². The minimum atomic E-state index is 0.921. The quantitative estimate of drug-likeness (QED) is 0.129. The first kappa shape index (κ1) is 42.1. The molecule has 1 aromatic heterocycles. The summed E-state index contributed by atoms with van der Waals surface area (Å²) in [6.07, 6.45) is 0. The molecule has 11 aromatic carbocycles. The maximum atomic E-state index is 5.36. The summed E-state index contributed by atoms with van der Waals surface area (Å²) in [6.45, 7) is 0. The van der Waals surface area contributed by atoms with Gasteiger partial charge in [-0.1, -0.05) is 212 Å². The maximum Gasteiger partial charge on any atom is 0.145 e. The first-order valence-electron chi connectivity index (χ1n) is 23.9. The Balaban J connectivity index is 0.894. The Kier molecular flexibility index (Phi) is 11.3. The molecule has 3 nitrogen and oxygen atoms in total. The number of aromatic nitrogens is 2. The molecule has 330 valence electrons. The highest BCUT2D eigenvalue weighted by Crippen LogP contribution is 2.40. The van der Waals surface area contributed by atoms with Gasteiger partial charge < -0.3 is 4.90 Å². The van der Waals surface area contributed by atoms with Gasteiger partial charge in [-0.15, -0.1) is 0 Å². The van der Waals surface area contributed by atoms with Crippen molar-refractivity contribution in [2.45, 2.75) is 0 Å². The van der Waals surface area contributed by atoms with Crippen LogP contribution in [-0.4, -0.2) is 9.55 Å². The molecular weight excluding hydrogens is 847 g/mol. The Morgan fingerprint density at radius 3 is 1.01 bits per heavy atom. The standard InChI is InChI=1S/C67H47N3/c1-5-17-48(18-6-1)54-23-13-25-56(45-54)50-33-39-61(40-34-50)69(62-41-35-51(36-42-62)57-26-14-24-55(46-57)49-19-7-2-8-20-49)63-43-37-52(38-44-63)58-27-15-28-59(47-58)64-31-16-32-65-66(64)68-67(53-21-9-3-10-22-53)70(65)60-29-11-4-12-30-60/h1-47H. The van der Waals surface area contributed by atoms with Crippen LogP contribution in [0.25, 0.3) is 94.9 Å². The molecule has 12 rings (SSSR count). The summed E-state index contributed by atoms with van der Waals surface area (Å²) in [6, 6.07) is 102. The average Bonchev–Trinajstić information content (AvgIpc) is 3.85. The van der Waals surface area contributed by atoms with Gasteiger partial charge in [0.2, 0.25) is 0 Å². The van der Waals surface area contributed by atoms with Gasteiger partial charge in [0.25, 0.3) is 0 Å². The third kappa shape index (κ3) is 8.38. The van der Waals surface area contributed by atoms with Crippen molar-refractivity contribution in [3.05, 3.63) is 285 Å². The van der Waals surface area contributed by atoms with Crippen LogP contribution in [0.5, 0.6) is 0 Å². The van der Waals surface area contributed by atoms with Crippen molar-refractivity contribution in [2.24, 2.45) is 0 Å². The number of nitrogens with zero attached hydrogens (tertiary/aromatic N) is 3. The van der Waals surface area contributed by atoms with E-state index in [1.165, 1.54) is 44.5 Å². The molecule has 0 aliphatic heterocycles. The number of anilines is 3. The SMILES string of the molecule is c1ccc(-c2cccc(-c3ccc(N(c4ccc(-c5cccc(-c6ccccc6)c5)cc4)c4ccc(-c5cccc(-c6cccc7c6nc(-c6ccccc6)n7-c6ccccc6)c5)cc4)cc3)c2)cc1. The van der Waals surface area contributed by atoms with Gasteiger partial charge in [0.1, 0.15) is 5.82 Å². The Hall–Kier alpha value is -9.31. The van der Waals surface area contributed by atoms with Gasteiger partial charge in [-0.3, -0.25) is 4.57 Å². The van der Waals surface area contributed by atoms with Crippen LogP contribution in [0.15, 0.2) is 285 Å². The number of rotatable bonds is 11. The van der Waals surface area contributed by atoms with Crippen LogP contribution in [0, 0.1) is 0 Å². The zero-order valence-corrected chi connectivity index (χ0v) is 38.5.